The third kappa shape index (κ3) is 4.94. The molecule has 2 unspecified atom stereocenters. The van der Waals surface area contributed by atoms with Gasteiger partial charge in [-0.05, 0) is 24.3 Å². The molecule has 0 aliphatic rings. The third-order valence-corrected chi connectivity index (χ3v) is 2.66. The van der Waals surface area contributed by atoms with Crippen LogP contribution in [0.1, 0.15) is 25.3 Å². The van der Waals surface area contributed by atoms with E-state index >= 15 is 0 Å². The van der Waals surface area contributed by atoms with Gasteiger partial charge in [-0.25, -0.2) is 0 Å². The fourth-order valence-electron chi connectivity index (χ4n) is 1.54. The van der Waals surface area contributed by atoms with Crippen LogP contribution >= 0.6 is 9.47 Å². The lowest BCUT2D eigenvalue weighted by Crippen LogP contribution is -2.04. The van der Waals surface area contributed by atoms with Crippen LogP contribution in [0, 0.1) is 5.92 Å². The highest BCUT2D eigenvalue weighted by atomic mass is 31.0. The molecule has 0 radical (unpaired) electrons. The maximum Gasteiger partial charge on any atom is 0.307 e. The molecule has 2 nitrogen and oxygen atoms in total. The van der Waals surface area contributed by atoms with Crippen LogP contribution in [0.15, 0.2) is 30.3 Å². The highest BCUT2D eigenvalue weighted by Gasteiger charge is 2.07. The molecule has 82 valence electrons. The summed E-state index contributed by atoms with van der Waals surface area (Å²) in [6, 6.07) is 10.3. The summed E-state index contributed by atoms with van der Waals surface area (Å²) in [7, 11) is 1.99. The predicted octanol–water partition coefficient (Wildman–Crippen LogP) is 2.98. The molecule has 0 aliphatic carbocycles. The van der Waals surface area contributed by atoms with Crippen LogP contribution in [0.2, 0.25) is 0 Å². The fourth-order valence-corrected chi connectivity index (χ4v) is 1.66. The van der Waals surface area contributed by atoms with Gasteiger partial charge >= 0.3 is 5.97 Å². The molecule has 1 aromatic rings. The Hall–Kier alpha value is -0.880. The summed E-state index contributed by atoms with van der Waals surface area (Å²) in [5, 5.41) is 0. The minimum atomic E-state index is -0.153. The molecule has 0 saturated carbocycles. The van der Waals surface area contributed by atoms with Gasteiger partial charge in [0.25, 0.3) is 0 Å². The summed E-state index contributed by atoms with van der Waals surface area (Å²) in [6.45, 7) is 2.16. The van der Waals surface area contributed by atoms with Gasteiger partial charge in [-0.1, -0.05) is 37.3 Å². The first-order valence-electron chi connectivity index (χ1n) is 5.16. The van der Waals surface area contributed by atoms with Crippen LogP contribution in [0.4, 0.5) is 0 Å². The average molecular weight is 224 g/mol. The summed E-state index contributed by atoms with van der Waals surface area (Å²) >= 11 is 0. The minimum absolute atomic E-state index is 0.153. The van der Waals surface area contributed by atoms with Crippen molar-refractivity contribution >= 4 is 15.4 Å². The number of carbonyl (C=O) groups is 1. The van der Waals surface area contributed by atoms with E-state index in [1.807, 2.05) is 27.7 Å². The Bertz CT molecular complexity index is 298. The molecule has 1 aromatic carbocycles. The number of hydrogen-bond donors (Lipinski definition) is 0. The molecule has 0 aliphatic heterocycles. The van der Waals surface area contributed by atoms with E-state index in [1.165, 1.54) is 5.56 Å². The van der Waals surface area contributed by atoms with Crippen molar-refractivity contribution in [2.45, 2.75) is 26.2 Å². The second kappa shape index (κ2) is 6.58. The Kier molecular flexibility index (Phi) is 5.34. The predicted molar refractivity (Wildman–Crippen MR) is 64.3 cm³/mol. The Morgan fingerprint density at radius 2 is 2.07 bits per heavy atom. The molecule has 0 heterocycles. The first kappa shape index (κ1) is 12.2. The monoisotopic (exact) mass is 224 g/mol. The van der Waals surface area contributed by atoms with Crippen LogP contribution in [0.25, 0.3) is 0 Å². The maximum atomic E-state index is 10.9. The van der Waals surface area contributed by atoms with E-state index in [-0.39, 0.29) is 5.97 Å². The van der Waals surface area contributed by atoms with E-state index in [1.54, 1.807) is 0 Å². The molecule has 0 fully saturated rings. The van der Waals surface area contributed by atoms with Gasteiger partial charge < -0.3 is 4.52 Å². The topological polar surface area (TPSA) is 26.3 Å². The SMILES string of the molecule is CC(CCC(=O)OP)Cc1ccccc1. The minimum Gasteiger partial charge on any atom is -0.452 e. The largest absolute Gasteiger partial charge is 0.452 e. The van der Waals surface area contributed by atoms with Crippen molar-refractivity contribution < 1.29 is 9.32 Å². The highest BCUT2D eigenvalue weighted by Crippen LogP contribution is 2.14. The number of rotatable bonds is 5. The number of benzene rings is 1. The van der Waals surface area contributed by atoms with E-state index in [2.05, 4.69) is 23.6 Å². The van der Waals surface area contributed by atoms with Crippen molar-refractivity contribution in [3.63, 3.8) is 0 Å². The van der Waals surface area contributed by atoms with Crippen molar-refractivity contribution in [1.82, 2.24) is 0 Å². The van der Waals surface area contributed by atoms with Crippen LogP contribution < -0.4 is 0 Å². The lowest BCUT2D eigenvalue weighted by Gasteiger charge is -2.10. The van der Waals surface area contributed by atoms with Gasteiger partial charge in [0, 0.05) is 6.42 Å². The molecule has 3 heteroatoms. The van der Waals surface area contributed by atoms with E-state index in [0.29, 0.717) is 12.3 Å². The van der Waals surface area contributed by atoms with Gasteiger partial charge in [-0.15, -0.1) is 0 Å². The van der Waals surface area contributed by atoms with Gasteiger partial charge in [0.05, 0.1) is 9.47 Å². The smallest absolute Gasteiger partial charge is 0.307 e. The van der Waals surface area contributed by atoms with Crippen molar-refractivity contribution in [3.05, 3.63) is 35.9 Å². The second-order valence-corrected chi connectivity index (χ2v) is 4.06. The summed E-state index contributed by atoms with van der Waals surface area (Å²) < 4.78 is 4.53. The van der Waals surface area contributed by atoms with Crippen LogP contribution in [0.3, 0.4) is 0 Å². The molecular weight excluding hydrogens is 207 g/mol. The lowest BCUT2D eigenvalue weighted by atomic mass is 9.97. The molecule has 0 N–H and O–H groups in total. The first-order valence-corrected chi connectivity index (χ1v) is 5.63. The van der Waals surface area contributed by atoms with Crippen molar-refractivity contribution in [3.8, 4) is 0 Å². The molecular formula is C12H17O2P. The summed E-state index contributed by atoms with van der Waals surface area (Å²) in [5.74, 6) is 0.358. The highest BCUT2D eigenvalue weighted by molar-refractivity contribution is 7.10. The van der Waals surface area contributed by atoms with Crippen LogP contribution in [0.5, 0.6) is 0 Å². The molecule has 0 spiro atoms. The van der Waals surface area contributed by atoms with Gasteiger partial charge in [0.2, 0.25) is 0 Å². The van der Waals surface area contributed by atoms with Gasteiger partial charge in [0.1, 0.15) is 0 Å². The van der Waals surface area contributed by atoms with Crippen LogP contribution in [-0.4, -0.2) is 5.97 Å². The zero-order chi connectivity index (χ0) is 11.1. The Morgan fingerprint density at radius 1 is 1.40 bits per heavy atom. The van der Waals surface area contributed by atoms with E-state index < -0.39 is 0 Å². The van der Waals surface area contributed by atoms with Crippen molar-refractivity contribution in [2.24, 2.45) is 5.92 Å². The average Bonchev–Trinajstić information content (AvgIpc) is 2.27. The normalized spacial score (nSPS) is 12.1. The molecule has 0 amide bonds. The zero-order valence-electron chi connectivity index (χ0n) is 8.98. The second-order valence-electron chi connectivity index (χ2n) is 3.82. The standard InChI is InChI=1S/C12H17O2P/c1-10(7-8-12(13)14-15)9-11-5-3-2-4-6-11/h2-6,10H,7-9,15H2,1H3. The molecule has 0 bridgehead atoms. The first-order chi connectivity index (χ1) is 7.22. The number of hydrogen-bond acceptors (Lipinski definition) is 2. The fraction of sp³-hybridized carbons (Fsp3) is 0.417. The van der Waals surface area contributed by atoms with Gasteiger partial charge in [-0.3, -0.25) is 4.79 Å². The van der Waals surface area contributed by atoms with E-state index in [4.69, 9.17) is 0 Å². The summed E-state index contributed by atoms with van der Waals surface area (Å²) in [4.78, 5) is 10.9. The maximum absolute atomic E-state index is 10.9. The van der Waals surface area contributed by atoms with Crippen molar-refractivity contribution in [2.75, 3.05) is 0 Å². The van der Waals surface area contributed by atoms with Crippen LogP contribution in [-0.2, 0) is 15.7 Å². The molecule has 0 aromatic heterocycles. The Morgan fingerprint density at radius 3 is 2.67 bits per heavy atom. The van der Waals surface area contributed by atoms with Crippen molar-refractivity contribution in [1.29, 1.82) is 0 Å². The molecule has 1 rings (SSSR count). The lowest BCUT2D eigenvalue weighted by molar-refractivity contribution is -0.133. The van der Waals surface area contributed by atoms with E-state index in [9.17, 15) is 4.79 Å². The zero-order valence-corrected chi connectivity index (χ0v) is 10.1. The Labute approximate surface area is 93.3 Å². The van der Waals surface area contributed by atoms with Gasteiger partial charge in [-0.2, -0.15) is 0 Å². The third-order valence-electron chi connectivity index (χ3n) is 2.40. The van der Waals surface area contributed by atoms with E-state index in [0.717, 1.165) is 12.8 Å². The number of carbonyl (C=O) groups excluding carboxylic acids is 1. The van der Waals surface area contributed by atoms with Gasteiger partial charge in [0.15, 0.2) is 0 Å². The summed E-state index contributed by atoms with van der Waals surface area (Å²) in [5.41, 5.74) is 1.32. The quantitative estimate of drug-likeness (QED) is 0.719. The Balaban J connectivity index is 2.30. The molecule has 2 atom stereocenters. The molecule has 15 heavy (non-hydrogen) atoms. The summed E-state index contributed by atoms with van der Waals surface area (Å²) in [6.07, 6.45) is 2.39. The molecule has 0 saturated heterocycles.